The highest BCUT2D eigenvalue weighted by atomic mass is 127. The van der Waals surface area contributed by atoms with Gasteiger partial charge in [0.25, 0.3) is 0 Å². The van der Waals surface area contributed by atoms with Gasteiger partial charge >= 0.3 is 6.18 Å². The van der Waals surface area contributed by atoms with E-state index in [-0.39, 0.29) is 43.0 Å². The second kappa shape index (κ2) is 11.5. The molecule has 0 radical (unpaired) electrons. The third-order valence-corrected chi connectivity index (χ3v) is 3.52. The van der Waals surface area contributed by atoms with Crippen LogP contribution in [0.25, 0.3) is 0 Å². The first kappa shape index (κ1) is 23.7. The Hall–Kier alpha value is -2.30. The minimum atomic E-state index is -4.36. The third-order valence-electron chi connectivity index (χ3n) is 3.52. The first-order valence-electron chi connectivity index (χ1n) is 8.41. The van der Waals surface area contributed by atoms with Crippen LogP contribution in [0.15, 0.2) is 59.6 Å². The second-order valence-electron chi connectivity index (χ2n) is 5.66. The number of hydrogen-bond acceptors (Lipinski definition) is 2. The molecule has 0 bridgehead atoms. The highest BCUT2D eigenvalue weighted by Gasteiger charge is 2.29. The lowest BCUT2D eigenvalue weighted by Gasteiger charge is -2.12. The predicted molar refractivity (Wildman–Crippen MR) is 115 cm³/mol. The van der Waals surface area contributed by atoms with Gasteiger partial charge in [-0.15, -0.1) is 24.0 Å². The molecule has 28 heavy (non-hydrogen) atoms. The lowest BCUT2D eigenvalue weighted by molar-refractivity contribution is -0.137. The maximum absolute atomic E-state index is 12.6. The van der Waals surface area contributed by atoms with Gasteiger partial charge in [0.15, 0.2) is 5.96 Å². The van der Waals surface area contributed by atoms with E-state index in [2.05, 4.69) is 20.9 Å². The maximum Gasteiger partial charge on any atom is 0.416 e. The zero-order chi connectivity index (χ0) is 19.7. The van der Waals surface area contributed by atoms with Crippen LogP contribution in [0.5, 0.6) is 0 Å². The van der Waals surface area contributed by atoms with Gasteiger partial charge in [0.05, 0.1) is 18.7 Å². The number of halogens is 4. The number of hydrogen-bond donors (Lipinski definition) is 3. The molecular formula is C19H22F3IN4O. The summed E-state index contributed by atoms with van der Waals surface area (Å²) >= 11 is 0. The molecule has 0 aliphatic rings. The summed E-state index contributed by atoms with van der Waals surface area (Å²) in [6.07, 6.45) is -4.36. The molecule has 1 amide bonds. The van der Waals surface area contributed by atoms with Crippen molar-refractivity contribution in [3.8, 4) is 0 Å². The summed E-state index contributed by atoms with van der Waals surface area (Å²) in [6.45, 7) is 2.65. The summed E-state index contributed by atoms with van der Waals surface area (Å²) in [5, 5.41) is 8.62. The van der Waals surface area contributed by atoms with Crippen molar-refractivity contribution in [3.05, 3.63) is 65.7 Å². The van der Waals surface area contributed by atoms with Crippen LogP contribution in [0.4, 0.5) is 18.9 Å². The molecule has 0 saturated carbocycles. The number of amides is 1. The van der Waals surface area contributed by atoms with Crippen LogP contribution < -0.4 is 16.0 Å². The van der Waals surface area contributed by atoms with E-state index in [0.29, 0.717) is 23.8 Å². The summed E-state index contributed by atoms with van der Waals surface area (Å²) in [7, 11) is 0. The van der Waals surface area contributed by atoms with Crippen molar-refractivity contribution in [2.24, 2.45) is 4.99 Å². The van der Waals surface area contributed by atoms with Crippen molar-refractivity contribution in [2.75, 3.05) is 18.4 Å². The SMILES string of the molecule is CCNC(=NCc1ccc(C(F)(F)F)cc1)NCC(=O)Nc1ccccc1.I. The quantitative estimate of drug-likeness (QED) is 0.315. The Bertz CT molecular complexity index is 765. The molecule has 0 heterocycles. The topological polar surface area (TPSA) is 65.5 Å². The largest absolute Gasteiger partial charge is 0.416 e. The van der Waals surface area contributed by atoms with Gasteiger partial charge < -0.3 is 16.0 Å². The lowest BCUT2D eigenvalue weighted by Crippen LogP contribution is -2.41. The number of aliphatic imine (C=N–C) groups is 1. The van der Waals surface area contributed by atoms with E-state index in [0.717, 1.165) is 12.1 Å². The lowest BCUT2D eigenvalue weighted by atomic mass is 10.1. The Labute approximate surface area is 178 Å². The van der Waals surface area contributed by atoms with Gasteiger partial charge in [-0.1, -0.05) is 30.3 Å². The average Bonchev–Trinajstić information content (AvgIpc) is 2.64. The van der Waals surface area contributed by atoms with Gasteiger partial charge in [-0.2, -0.15) is 13.2 Å². The molecule has 2 rings (SSSR count). The first-order valence-corrected chi connectivity index (χ1v) is 8.41. The van der Waals surface area contributed by atoms with Gasteiger partial charge in [0, 0.05) is 12.2 Å². The molecule has 2 aromatic rings. The van der Waals surface area contributed by atoms with Crippen LogP contribution in [0, 0.1) is 0 Å². The molecule has 0 aromatic heterocycles. The number of para-hydroxylation sites is 1. The molecule has 0 aliphatic carbocycles. The van der Waals surface area contributed by atoms with Crippen molar-refractivity contribution in [1.29, 1.82) is 0 Å². The molecule has 3 N–H and O–H groups in total. The summed E-state index contributed by atoms with van der Waals surface area (Å²) in [4.78, 5) is 16.3. The number of nitrogens with zero attached hydrogens (tertiary/aromatic N) is 1. The van der Waals surface area contributed by atoms with Gasteiger partial charge in [-0.3, -0.25) is 4.79 Å². The van der Waals surface area contributed by atoms with E-state index < -0.39 is 11.7 Å². The van der Waals surface area contributed by atoms with Crippen molar-refractivity contribution < 1.29 is 18.0 Å². The molecule has 152 valence electrons. The highest BCUT2D eigenvalue weighted by molar-refractivity contribution is 14.0. The molecule has 0 atom stereocenters. The number of carbonyl (C=O) groups excluding carboxylic acids is 1. The zero-order valence-electron chi connectivity index (χ0n) is 15.2. The molecule has 0 saturated heterocycles. The standard InChI is InChI=1S/C19H21F3N4O.HI/c1-2-23-18(25-13-17(27)26-16-6-4-3-5-7-16)24-12-14-8-10-15(11-9-14)19(20,21)22;/h3-11H,2,12-13H2,1H3,(H,26,27)(H2,23,24,25);1H. The molecule has 0 aliphatic heterocycles. The summed E-state index contributed by atoms with van der Waals surface area (Å²) in [5.74, 6) is 0.168. The molecule has 9 heteroatoms. The van der Waals surface area contributed by atoms with E-state index in [1.807, 2.05) is 25.1 Å². The Morgan fingerprint density at radius 2 is 1.64 bits per heavy atom. The van der Waals surface area contributed by atoms with E-state index in [4.69, 9.17) is 0 Å². The van der Waals surface area contributed by atoms with Crippen LogP contribution in [0.1, 0.15) is 18.1 Å². The highest BCUT2D eigenvalue weighted by Crippen LogP contribution is 2.29. The average molecular weight is 506 g/mol. The van der Waals surface area contributed by atoms with E-state index >= 15 is 0 Å². The molecule has 5 nitrogen and oxygen atoms in total. The van der Waals surface area contributed by atoms with E-state index in [1.54, 1.807) is 12.1 Å². The minimum absolute atomic E-state index is 0. The fourth-order valence-electron chi connectivity index (χ4n) is 2.20. The van der Waals surface area contributed by atoms with Crippen molar-refractivity contribution in [1.82, 2.24) is 10.6 Å². The van der Waals surface area contributed by atoms with Crippen molar-refractivity contribution in [2.45, 2.75) is 19.6 Å². The van der Waals surface area contributed by atoms with Gasteiger partial charge in [0.1, 0.15) is 0 Å². The van der Waals surface area contributed by atoms with Gasteiger partial charge in [0.2, 0.25) is 5.91 Å². The number of anilines is 1. The van der Waals surface area contributed by atoms with Crippen LogP contribution in [0.3, 0.4) is 0 Å². The van der Waals surface area contributed by atoms with Crippen LogP contribution in [-0.2, 0) is 17.5 Å². The smallest absolute Gasteiger partial charge is 0.357 e. The molecular weight excluding hydrogens is 484 g/mol. The first-order chi connectivity index (χ1) is 12.9. The second-order valence-corrected chi connectivity index (χ2v) is 5.66. The van der Waals surface area contributed by atoms with E-state index in [1.165, 1.54) is 12.1 Å². The van der Waals surface area contributed by atoms with Crippen molar-refractivity contribution >= 4 is 41.5 Å². The number of alkyl halides is 3. The number of benzene rings is 2. The number of nitrogens with one attached hydrogen (secondary N) is 3. The zero-order valence-corrected chi connectivity index (χ0v) is 17.5. The monoisotopic (exact) mass is 506 g/mol. The van der Waals surface area contributed by atoms with Gasteiger partial charge in [-0.25, -0.2) is 4.99 Å². The fourth-order valence-corrected chi connectivity index (χ4v) is 2.20. The minimum Gasteiger partial charge on any atom is -0.357 e. The number of rotatable bonds is 6. The van der Waals surface area contributed by atoms with Crippen LogP contribution in [-0.4, -0.2) is 25.0 Å². The molecule has 0 spiro atoms. The Morgan fingerprint density at radius 1 is 1.00 bits per heavy atom. The Morgan fingerprint density at radius 3 is 2.21 bits per heavy atom. The summed E-state index contributed by atoms with van der Waals surface area (Å²) in [6, 6.07) is 13.9. The predicted octanol–water partition coefficient (Wildman–Crippen LogP) is 4.02. The summed E-state index contributed by atoms with van der Waals surface area (Å²) < 4.78 is 37.7. The van der Waals surface area contributed by atoms with Gasteiger partial charge in [-0.05, 0) is 36.8 Å². The number of carbonyl (C=O) groups is 1. The van der Waals surface area contributed by atoms with E-state index in [9.17, 15) is 18.0 Å². The third kappa shape index (κ3) is 8.15. The number of guanidine groups is 1. The maximum atomic E-state index is 12.6. The molecule has 2 aromatic carbocycles. The van der Waals surface area contributed by atoms with Crippen LogP contribution in [0.2, 0.25) is 0 Å². The Balaban J connectivity index is 0.00000392. The summed E-state index contributed by atoms with van der Waals surface area (Å²) in [5.41, 5.74) is 0.628. The van der Waals surface area contributed by atoms with Crippen LogP contribution >= 0.6 is 24.0 Å². The molecule has 0 unspecified atom stereocenters. The normalized spacial score (nSPS) is 11.4. The Kier molecular flexibility index (Phi) is 9.77. The molecule has 0 fully saturated rings. The van der Waals surface area contributed by atoms with Crippen molar-refractivity contribution in [3.63, 3.8) is 0 Å². The fraction of sp³-hybridized carbons (Fsp3) is 0.263.